The number of anilines is 1. The van der Waals surface area contributed by atoms with Crippen LogP contribution in [0.15, 0.2) is 36.5 Å². The lowest BCUT2D eigenvalue weighted by Crippen LogP contribution is -2.19. The molecule has 7 heteroatoms. The number of hydrogen-bond donors (Lipinski definition) is 2. The number of amides is 3. The number of carbonyl (C=O) groups is 3. The molecule has 3 rings (SSSR count). The van der Waals surface area contributed by atoms with E-state index >= 15 is 0 Å². The van der Waals surface area contributed by atoms with Crippen molar-refractivity contribution in [3.63, 3.8) is 0 Å². The number of imide groups is 1. The van der Waals surface area contributed by atoms with E-state index in [1.165, 1.54) is 36.5 Å². The minimum Gasteiger partial charge on any atom is -0.322 e. The average Bonchev–Trinajstić information content (AvgIpc) is 2.74. The number of pyridine rings is 1. The van der Waals surface area contributed by atoms with E-state index in [0.717, 1.165) is 0 Å². The van der Waals surface area contributed by atoms with E-state index < -0.39 is 23.7 Å². The molecule has 1 aliphatic rings. The van der Waals surface area contributed by atoms with Gasteiger partial charge >= 0.3 is 0 Å². The van der Waals surface area contributed by atoms with Crippen molar-refractivity contribution in [3.8, 4) is 0 Å². The Bertz CT molecular complexity index is 789. The molecule has 6 nitrogen and oxygen atoms in total. The van der Waals surface area contributed by atoms with Gasteiger partial charge in [0, 0.05) is 11.9 Å². The summed E-state index contributed by atoms with van der Waals surface area (Å²) in [6, 6.07) is 6.98. The van der Waals surface area contributed by atoms with Crippen molar-refractivity contribution in [2.45, 2.75) is 0 Å². The number of nitrogens with zero attached hydrogens (tertiary/aromatic N) is 1. The van der Waals surface area contributed by atoms with E-state index in [1.807, 2.05) is 0 Å². The molecule has 0 saturated heterocycles. The second kappa shape index (κ2) is 4.78. The van der Waals surface area contributed by atoms with Crippen LogP contribution in [-0.4, -0.2) is 22.7 Å². The third-order valence-corrected chi connectivity index (χ3v) is 3.00. The molecule has 1 aliphatic heterocycles. The van der Waals surface area contributed by atoms with Crippen molar-refractivity contribution in [1.29, 1.82) is 0 Å². The molecule has 0 unspecified atom stereocenters. The lowest BCUT2D eigenvalue weighted by atomic mass is 10.1. The molecule has 2 heterocycles. The molecule has 3 amide bonds. The Hall–Kier alpha value is -3.09. The normalized spacial score (nSPS) is 12.8. The zero-order valence-corrected chi connectivity index (χ0v) is 10.5. The average molecular weight is 285 g/mol. The predicted molar refractivity (Wildman–Crippen MR) is 70.4 cm³/mol. The SMILES string of the molecule is O=C1NC(=O)c2cc(NC(=O)c3cccnc3F)ccc21. The van der Waals surface area contributed by atoms with Crippen LogP contribution in [0.5, 0.6) is 0 Å². The van der Waals surface area contributed by atoms with Crippen LogP contribution in [0.4, 0.5) is 10.1 Å². The van der Waals surface area contributed by atoms with Gasteiger partial charge in [0.25, 0.3) is 17.7 Å². The van der Waals surface area contributed by atoms with Crippen molar-refractivity contribution in [3.05, 3.63) is 59.2 Å². The van der Waals surface area contributed by atoms with Crippen LogP contribution >= 0.6 is 0 Å². The van der Waals surface area contributed by atoms with Gasteiger partial charge in [0.1, 0.15) is 0 Å². The van der Waals surface area contributed by atoms with Crippen LogP contribution in [0, 0.1) is 5.95 Å². The molecule has 1 aromatic carbocycles. The summed E-state index contributed by atoms with van der Waals surface area (Å²) in [5.74, 6) is -2.58. The molecule has 2 N–H and O–H groups in total. The molecular formula is C14H8FN3O3. The maximum Gasteiger partial charge on any atom is 0.260 e. The summed E-state index contributed by atoms with van der Waals surface area (Å²) in [4.78, 5) is 38.2. The number of hydrogen-bond acceptors (Lipinski definition) is 4. The Kier molecular flexibility index (Phi) is 2.94. The topological polar surface area (TPSA) is 88.2 Å². The van der Waals surface area contributed by atoms with Crippen molar-refractivity contribution in [1.82, 2.24) is 10.3 Å². The number of halogens is 1. The lowest BCUT2D eigenvalue weighted by molar-refractivity contribution is 0.0878. The fourth-order valence-electron chi connectivity index (χ4n) is 2.00. The Labute approximate surface area is 118 Å². The number of benzene rings is 1. The number of aromatic nitrogens is 1. The van der Waals surface area contributed by atoms with E-state index in [4.69, 9.17) is 0 Å². The van der Waals surface area contributed by atoms with Crippen molar-refractivity contribution in [2.24, 2.45) is 0 Å². The highest BCUT2D eigenvalue weighted by molar-refractivity contribution is 6.22. The van der Waals surface area contributed by atoms with E-state index in [2.05, 4.69) is 15.6 Å². The van der Waals surface area contributed by atoms with Gasteiger partial charge in [0.15, 0.2) is 0 Å². The minimum absolute atomic E-state index is 0.171. The Morgan fingerprint density at radius 3 is 2.67 bits per heavy atom. The Morgan fingerprint density at radius 1 is 1.14 bits per heavy atom. The molecule has 1 aromatic heterocycles. The molecular weight excluding hydrogens is 277 g/mol. The van der Waals surface area contributed by atoms with E-state index in [0.29, 0.717) is 0 Å². The highest BCUT2D eigenvalue weighted by atomic mass is 19.1. The fourth-order valence-corrected chi connectivity index (χ4v) is 2.00. The maximum absolute atomic E-state index is 13.4. The van der Waals surface area contributed by atoms with Gasteiger partial charge in [0.2, 0.25) is 5.95 Å². The quantitative estimate of drug-likeness (QED) is 0.644. The summed E-state index contributed by atoms with van der Waals surface area (Å²) >= 11 is 0. The summed E-state index contributed by atoms with van der Waals surface area (Å²) < 4.78 is 13.4. The number of carbonyl (C=O) groups excluding carboxylic acids is 3. The monoisotopic (exact) mass is 285 g/mol. The summed E-state index contributed by atoms with van der Waals surface area (Å²) in [7, 11) is 0. The maximum atomic E-state index is 13.4. The van der Waals surface area contributed by atoms with Gasteiger partial charge in [-0.3, -0.25) is 19.7 Å². The highest BCUT2D eigenvalue weighted by Crippen LogP contribution is 2.20. The first-order valence-electron chi connectivity index (χ1n) is 5.98. The molecule has 0 atom stereocenters. The van der Waals surface area contributed by atoms with Crippen LogP contribution in [0.1, 0.15) is 31.1 Å². The predicted octanol–water partition coefficient (Wildman–Crippen LogP) is 1.36. The number of fused-ring (bicyclic) bond motifs is 1. The molecule has 0 saturated carbocycles. The van der Waals surface area contributed by atoms with E-state index in [9.17, 15) is 18.8 Å². The largest absolute Gasteiger partial charge is 0.322 e. The van der Waals surface area contributed by atoms with Gasteiger partial charge in [-0.1, -0.05) is 0 Å². The van der Waals surface area contributed by atoms with Crippen LogP contribution in [0.25, 0.3) is 0 Å². The molecule has 0 spiro atoms. The summed E-state index contributed by atoms with van der Waals surface area (Å²) in [6.45, 7) is 0. The van der Waals surface area contributed by atoms with Crippen molar-refractivity contribution >= 4 is 23.4 Å². The van der Waals surface area contributed by atoms with Gasteiger partial charge < -0.3 is 5.32 Å². The van der Waals surface area contributed by atoms with Crippen LogP contribution in [0.3, 0.4) is 0 Å². The van der Waals surface area contributed by atoms with Gasteiger partial charge in [0.05, 0.1) is 16.7 Å². The number of nitrogens with one attached hydrogen (secondary N) is 2. The van der Waals surface area contributed by atoms with E-state index in [-0.39, 0.29) is 22.4 Å². The summed E-state index contributed by atoms with van der Waals surface area (Å²) in [5, 5.41) is 4.60. The van der Waals surface area contributed by atoms with Crippen LogP contribution in [-0.2, 0) is 0 Å². The van der Waals surface area contributed by atoms with Gasteiger partial charge in [-0.25, -0.2) is 4.98 Å². The molecule has 0 radical (unpaired) electrons. The first-order valence-corrected chi connectivity index (χ1v) is 5.98. The molecule has 0 fully saturated rings. The Balaban J connectivity index is 1.88. The van der Waals surface area contributed by atoms with Gasteiger partial charge in [-0.05, 0) is 30.3 Å². The zero-order valence-electron chi connectivity index (χ0n) is 10.5. The number of rotatable bonds is 2. The highest BCUT2D eigenvalue weighted by Gasteiger charge is 2.27. The first kappa shape index (κ1) is 12.9. The molecule has 104 valence electrons. The lowest BCUT2D eigenvalue weighted by Gasteiger charge is -2.06. The first-order chi connectivity index (χ1) is 10.1. The second-order valence-corrected chi connectivity index (χ2v) is 4.34. The standard InChI is InChI=1S/C14H8FN3O3/c15-11-9(2-1-5-16-11)13(20)17-7-3-4-8-10(6-7)14(21)18-12(8)19/h1-6H,(H,17,20)(H,18,19,21). The third kappa shape index (κ3) is 2.25. The van der Waals surface area contributed by atoms with Crippen molar-refractivity contribution in [2.75, 3.05) is 5.32 Å². The van der Waals surface area contributed by atoms with Crippen LogP contribution < -0.4 is 10.6 Å². The third-order valence-electron chi connectivity index (χ3n) is 3.00. The van der Waals surface area contributed by atoms with E-state index in [1.54, 1.807) is 0 Å². The van der Waals surface area contributed by atoms with Crippen LogP contribution in [0.2, 0.25) is 0 Å². The molecule has 0 aliphatic carbocycles. The Morgan fingerprint density at radius 2 is 1.90 bits per heavy atom. The smallest absolute Gasteiger partial charge is 0.260 e. The summed E-state index contributed by atoms with van der Waals surface area (Å²) in [6.07, 6.45) is 1.23. The summed E-state index contributed by atoms with van der Waals surface area (Å²) in [5.41, 5.74) is 0.486. The molecule has 21 heavy (non-hydrogen) atoms. The minimum atomic E-state index is -0.885. The van der Waals surface area contributed by atoms with Gasteiger partial charge in [-0.2, -0.15) is 4.39 Å². The fraction of sp³-hybridized carbons (Fsp3) is 0. The van der Waals surface area contributed by atoms with Gasteiger partial charge in [-0.15, -0.1) is 0 Å². The molecule has 0 bridgehead atoms. The van der Waals surface area contributed by atoms with Crippen molar-refractivity contribution < 1.29 is 18.8 Å². The zero-order chi connectivity index (χ0) is 15.0. The second-order valence-electron chi connectivity index (χ2n) is 4.34. The molecule has 2 aromatic rings.